The summed E-state index contributed by atoms with van der Waals surface area (Å²) in [5.74, 6) is 1.24. The highest BCUT2D eigenvalue weighted by molar-refractivity contribution is 5.79. The van der Waals surface area contributed by atoms with Crippen molar-refractivity contribution in [1.29, 1.82) is 0 Å². The second kappa shape index (κ2) is 8.13. The third-order valence-electron chi connectivity index (χ3n) is 5.53. The Balaban J connectivity index is 1.31. The highest BCUT2D eigenvalue weighted by Crippen LogP contribution is 2.27. The lowest BCUT2D eigenvalue weighted by atomic mass is 9.86. The number of hydrogen-bond donors (Lipinski definition) is 1. The van der Waals surface area contributed by atoms with Gasteiger partial charge in [0.2, 0.25) is 11.8 Å². The van der Waals surface area contributed by atoms with Gasteiger partial charge in [0, 0.05) is 38.6 Å². The van der Waals surface area contributed by atoms with E-state index in [2.05, 4.69) is 10.2 Å². The molecule has 0 aromatic carbocycles. The topological polar surface area (TPSA) is 52.7 Å². The molecular weight excluding hydrogens is 290 g/mol. The summed E-state index contributed by atoms with van der Waals surface area (Å²) in [6.45, 7) is 3.70. The summed E-state index contributed by atoms with van der Waals surface area (Å²) in [4.78, 5) is 28.3. The molecule has 23 heavy (non-hydrogen) atoms. The zero-order valence-corrected chi connectivity index (χ0v) is 14.3. The quantitative estimate of drug-likeness (QED) is 0.811. The number of amides is 2. The Labute approximate surface area is 139 Å². The van der Waals surface area contributed by atoms with Gasteiger partial charge in [-0.05, 0) is 25.2 Å². The SMILES string of the molecule is O=C(CN1CCN(C(=O)CCC2CCCCC2)CC1)NC1CC1. The van der Waals surface area contributed by atoms with E-state index in [1.54, 1.807) is 0 Å². The van der Waals surface area contributed by atoms with Crippen LogP contribution in [0.4, 0.5) is 0 Å². The second-order valence-electron chi connectivity index (χ2n) is 7.54. The summed E-state index contributed by atoms with van der Waals surface area (Å²) in [6, 6.07) is 0.435. The molecule has 1 N–H and O–H groups in total. The van der Waals surface area contributed by atoms with Gasteiger partial charge in [-0.1, -0.05) is 32.1 Å². The lowest BCUT2D eigenvalue weighted by Gasteiger charge is -2.34. The van der Waals surface area contributed by atoms with Crippen molar-refractivity contribution in [2.45, 2.75) is 63.8 Å². The van der Waals surface area contributed by atoms with Crippen molar-refractivity contribution in [3.8, 4) is 0 Å². The van der Waals surface area contributed by atoms with Gasteiger partial charge in [-0.15, -0.1) is 0 Å². The molecule has 1 heterocycles. The second-order valence-corrected chi connectivity index (χ2v) is 7.54. The number of hydrogen-bond acceptors (Lipinski definition) is 3. The first-order valence-corrected chi connectivity index (χ1v) is 9.50. The van der Waals surface area contributed by atoms with Crippen molar-refractivity contribution in [2.75, 3.05) is 32.7 Å². The van der Waals surface area contributed by atoms with Gasteiger partial charge in [0.15, 0.2) is 0 Å². The molecule has 0 aromatic rings. The van der Waals surface area contributed by atoms with Crippen molar-refractivity contribution in [1.82, 2.24) is 15.1 Å². The molecule has 0 unspecified atom stereocenters. The Kier molecular flexibility index (Phi) is 5.92. The minimum Gasteiger partial charge on any atom is -0.352 e. The molecule has 3 fully saturated rings. The van der Waals surface area contributed by atoms with E-state index in [1.807, 2.05) is 4.90 Å². The normalized spacial score (nSPS) is 23.7. The summed E-state index contributed by atoms with van der Waals surface area (Å²) in [5, 5.41) is 3.03. The predicted molar refractivity (Wildman–Crippen MR) is 90.0 cm³/mol. The van der Waals surface area contributed by atoms with Crippen molar-refractivity contribution < 1.29 is 9.59 Å². The van der Waals surface area contributed by atoms with E-state index in [0.717, 1.165) is 51.4 Å². The highest BCUT2D eigenvalue weighted by atomic mass is 16.2. The van der Waals surface area contributed by atoms with Crippen molar-refractivity contribution in [3.05, 3.63) is 0 Å². The molecule has 0 bridgehead atoms. The molecule has 130 valence electrons. The Morgan fingerprint density at radius 3 is 2.26 bits per heavy atom. The monoisotopic (exact) mass is 321 g/mol. The largest absolute Gasteiger partial charge is 0.352 e. The van der Waals surface area contributed by atoms with Crippen LogP contribution in [0, 0.1) is 5.92 Å². The van der Waals surface area contributed by atoms with Gasteiger partial charge in [0.1, 0.15) is 0 Å². The number of carbonyl (C=O) groups is 2. The smallest absolute Gasteiger partial charge is 0.234 e. The molecule has 0 spiro atoms. The Bertz CT molecular complexity index is 408. The fourth-order valence-electron chi connectivity index (χ4n) is 3.82. The Morgan fingerprint density at radius 1 is 0.913 bits per heavy atom. The summed E-state index contributed by atoms with van der Waals surface area (Å²) >= 11 is 0. The zero-order valence-electron chi connectivity index (χ0n) is 14.3. The molecule has 0 atom stereocenters. The lowest BCUT2D eigenvalue weighted by Crippen LogP contribution is -2.51. The van der Waals surface area contributed by atoms with Crippen molar-refractivity contribution in [3.63, 3.8) is 0 Å². The third-order valence-corrected chi connectivity index (χ3v) is 5.53. The van der Waals surface area contributed by atoms with Gasteiger partial charge in [0.25, 0.3) is 0 Å². The van der Waals surface area contributed by atoms with E-state index >= 15 is 0 Å². The molecule has 1 aliphatic heterocycles. The van der Waals surface area contributed by atoms with Gasteiger partial charge >= 0.3 is 0 Å². The fraction of sp³-hybridized carbons (Fsp3) is 0.889. The maximum atomic E-state index is 12.4. The van der Waals surface area contributed by atoms with Crippen molar-refractivity contribution in [2.24, 2.45) is 5.92 Å². The molecule has 0 radical (unpaired) electrons. The van der Waals surface area contributed by atoms with Crippen molar-refractivity contribution >= 4 is 11.8 Å². The first-order valence-electron chi connectivity index (χ1n) is 9.50. The van der Waals surface area contributed by atoms with Gasteiger partial charge in [-0.25, -0.2) is 0 Å². The van der Waals surface area contributed by atoms with Crippen LogP contribution in [-0.4, -0.2) is 60.4 Å². The molecule has 2 saturated carbocycles. The Morgan fingerprint density at radius 2 is 1.61 bits per heavy atom. The number of carbonyl (C=O) groups excluding carboxylic acids is 2. The third kappa shape index (κ3) is 5.48. The molecule has 2 aliphatic carbocycles. The minimum atomic E-state index is 0.143. The highest BCUT2D eigenvalue weighted by Gasteiger charge is 2.26. The minimum absolute atomic E-state index is 0.143. The van der Waals surface area contributed by atoms with E-state index in [4.69, 9.17) is 0 Å². The van der Waals surface area contributed by atoms with E-state index in [9.17, 15) is 9.59 Å². The average Bonchev–Trinajstić information content (AvgIpc) is 3.38. The first-order chi connectivity index (χ1) is 11.2. The van der Waals surface area contributed by atoms with Gasteiger partial charge < -0.3 is 10.2 Å². The maximum Gasteiger partial charge on any atom is 0.234 e. The van der Waals surface area contributed by atoms with E-state index in [1.165, 1.54) is 32.1 Å². The standard InChI is InChI=1S/C18H31N3O2/c22-17(19-16-7-8-16)14-20-10-12-21(13-11-20)18(23)9-6-15-4-2-1-3-5-15/h15-16H,1-14H2,(H,19,22). The zero-order chi connectivity index (χ0) is 16.1. The molecule has 5 nitrogen and oxygen atoms in total. The summed E-state index contributed by atoms with van der Waals surface area (Å²) < 4.78 is 0. The van der Waals surface area contributed by atoms with Crippen LogP contribution in [0.3, 0.4) is 0 Å². The predicted octanol–water partition coefficient (Wildman–Crippen LogP) is 1.77. The first kappa shape index (κ1) is 16.7. The molecular formula is C18H31N3O2. The molecule has 1 saturated heterocycles. The summed E-state index contributed by atoms with van der Waals surface area (Å²) in [7, 11) is 0. The number of nitrogens with one attached hydrogen (secondary N) is 1. The molecule has 2 amide bonds. The number of nitrogens with zero attached hydrogens (tertiary/aromatic N) is 2. The van der Waals surface area contributed by atoms with Crippen LogP contribution in [0.25, 0.3) is 0 Å². The summed E-state index contributed by atoms with van der Waals surface area (Å²) in [6.07, 6.45) is 10.8. The molecule has 0 aromatic heterocycles. The number of piperazine rings is 1. The molecule has 5 heteroatoms. The van der Waals surface area contributed by atoms with Crippen LogP contribution >= 0.6 is 0 Å². The van der Waals surface area contributed by atoms with E-state index < -0.39 is 0 Å². The summed E-state index contributed by atoms with van der Waals surface area (Å²) in [5.41, 5.74) is 0. The van der Waals surface area contributed by atoms with Gasteiger partial charge in [-0.2, -0.15) is 0 Å². The van der Waals surface area contributed by atoms with Crippen LogP contribution in [0.2, 0.25) is 0 Å². The van der Waals surface area contributed by atoms with E-state index in [-0.39, 0.29) is 5.91 Å². The van der Waals surface area contributed by atoms with Crippen LogP contribution < -0.4 is 5.32 Å². The Hall–Kier alpha value is -1.10. The van der Waals surface area contributed by atoms with Gasteiger partial charge in [-0.3, -0.25) is 14.5 Å². The van der Waals surface area contributed by atoms with Crippen LogP contribution in [0.15, 0.2) is 0 Å². The fourth-order valence-corrected chi connectivity index (χ4v) is 3.82. The maximum absolute atomic E-state index is 12.4. The van der Waals surface area contributed by atoms with E-state index in [0.29, 0.717) is 24.9 Å². The van der Waals surface area contributed by atoms with Crippen LogP contribution in [0.5, 0.6) is 0 Å². The number of rotatable bonds is 6. The average molecular weight is 321 g/mol. The molecule has 3 rings (SSSR count). The van der Waals surface area contributed by atoms with Gasteiger partial charge in [0.05, 0.1) is 6.54 Å². The lowest BCUT2D eigenvalue weighted by molar-refractivity contribution is -0.133. The van der Waals surface area contributed by atoms with Crippen LogP contribution in [-0.2, 0) is 9.59 Å². The molecule has 3 aliphatic rings. The van der Waals surface area contributed by atoms with Crippen LogP contribution in [0.1, 0.15) is 57.8 Å².